The van der Waals surface area contributed by atoms with Gasteiger partial charge in [-0.2, -0.15) is 0 Å². The maximum absolute atomic E-state index is 4.46. The van der Waals surface area contributed by atoms with Crippen molar-refractivity contribution < 1.29 is 0 Å². The van der Waals surface area contributed by atoms with Crippen LogP contribution in [0.4, 0.5) is 0 Å². The third-order valence-corrected chi connectivity index (χ3v) is 3.05. The van der Waals surface area contributed by atoms with Crippen molar-refractivity contribution in [1.29, 1.82) is 0 Å². The van der Waals surface area contributed by atoms with E-state index in [2.05, 4.69) is 50.9 Å². The van der Waals surface area contributed by atoms with E-state index < -0.39 is 0 Å². The summed E-state index contributed by atoms with van der Waals surface area (Å²) in [5, 5.41) is 1.29. The summed E-state index contributed by atoms with van der Waals surface area (Å²) in [4.78, 5) is 4.46. The highest BCUT2D eigenvalue weighted by atomic mass is 14.6. The van der Waals surface area contributed by atoms with Gasteiger partial charge in [-0.05, 0) is 35.1 Å². The molecule has 84 valence electrons. The number of rotatable bonds is 1. The molecule has 1 aromatic heterocycles. The Kier molecular flexibility index (Phi) is 2.71. The molecule has 0 aliphatic rings. The maximum atomic E-state index is 4.46. The van der Waals surface area contributed by atoms with E-state index >= 15 is 0 Å². The van der Waals surface area contributed by atoms with Crippen molar-refractivity contribution in [2.45, 2.75) is 39.5 Å². The Morgan fingerprint density at radius 2 is 1.94 bits per heavy atom. The molecule has 0 aliphatic heterocycles. The Morgan fingerprint density at radius 1 is 1.19 bits per heavy atom. The molecule has 0 N–H and O–H groups in total. The predicted octanol–water partition coefficient (Wildman–Crippen LogP) is 4.09. The van der Waals surface area contributed by atoms with Crippen molar-refractivity contribution in [2.24, 2.45) is 0 Å². The van der Waals surface area contributed by atoms with Crippen LogP contribution >= 0.6 is 0 Å². The standard InChI is InChI=1S/C15H19N/c1-5-11-9-12(15(2,3)4)10-14-13(11)7-6-8-16-14/h6-10H,5H2,1-4H3. The van der Waals surface area contributed by atoms with Crippen LogP contribution in [0, 0.1) is 0 Å². The van der Waals surface area contributed by atoms with Gasteiger partial charge in [0, 0.05) is 11.6 Å². The molecular formula is C15H19N. The Morgan fingerprint density at radius 3 is 2.56 bits per heavy atom. The summed E-state index contributed by atoms with van der Waals surface area (Å²) in [6, 6.07) is 8.71. The fourth-order valence-electron chi connectivity index (χ4n) is 1.98. The minimum absolute atomic E-state index is 0.190. The van der Waals surface area contributed by atoms with Gasteiger partial charge in [-0.25, -0.2) is 0 Å². The van der Waals surface area contributed by atoms with Gasteiger partial charge in [0.15, 0.2) is 0 Å². The van der Waals surface area contributed by atoms with Crippen LogP contribution in [0.25, 0.3) is 10.9 Å². The molecule has 0 bridgehead atoms. The molecule has 0 aliphatic carbocycles. The first-order chi connectivity index (χ1) is 7.52. The van der Waals surface area contributed by atoms with Crippen molar-refractivity contribution >= 4 is 10.9 Å². The number of nitrogens with zero attached hydrogens (tertiary/aromatic N) is 1. The summed E-state index contributed by atoms with van der Waals surface area (Å²) >= 11 is 0. The number of hydrogen-bond acceptors (Lipinski definition) is 1. The van der Waals surface area contributed by atoms with Gasteiger partial charge in [-0.15, -0.1) is 0 Å². The van der Waals surface area contributed by atoms with Gasteiger partial charge < -0.3 is 0 Å². The van der Waals surface area contributed by atoms with Crippen molar-refractivity contribution in [3.05, 3.63) is 41.6 Å². The van der Waals surface area contributed by atoms with E-state index in [1.165, 1.54) is 16.5 Å². The highest BCUT2D eigenvalue weighted by Gasteiger charge is 2.15. The van der Waals surface area contributed by atoms with Crippen molar-refractivity contribution in [3.63, 3.8) is 0 Å². The summed E-state index contributed by atoms with van der Waals surface area (Å²) in [6.45, 7) is 8.94. The molecule has 0 atom stereocenters. The normalized spacial score (nSPS) is 12.0. The summed E-state index contributed by atoms with van der Waals surface area (Å²) in [7, 11) is 0. The van der Waals surface area contributed by atoms with Gasteiger partial charge in [-0.3, -0.25) is 4.98 Å². The lowest BCUT2D eigenvalue weighted by atomic mass is 9.85. The van der Waals surface area contributed by atoms with Gasteiger partial charge in [0.25, 0.3) is 0 Å². The lowest BCUT2D eigenvalue weighted by molar-refractivity contribution is 0.590. The van der Waals surface area contributed by atoms with E-state index in [0.717, 1.165) is 11.9 Å². The molecule has 1 aromatic carbocycles. The third kappa shape index (κ3) is 1.95. The Hall–Kier alpha value is -1.37. The third-order valence-electron chi connectivity index (χ3n) is 3.05. The first kappa shape index (κ1) is 11.1. The lowest BCUT2D eigenvalue weighted by Crippen LogP contribution is -2.11. The molecule has 0 fully saturated rings. The fraction of sp³-hybridized carbons (Fsp3) is 0.400. The molecular weight excluding hydrogens is 194 g/mol. The van der Waals surface area contributed by atoms with Gasteiger partial charge in [-0.1, -0.05) is 39.8 Å². The van der Waals surface area contributed by atoms with E-state index in [0.29, 0.717) is 0 Å². The Labute approximate surface area is 97.5 Å². The van der Waals surface area contributed by atoms with Crippen LogP contribution in [-0.2, 0) is 11.8 Å². The van der Waals surface area contributed by atoms with Crippen LogP contribution in [0.15, 0.2) is 30.5 Å². The topological polar surface area (TPSA) is 12.9 Å². The van der Waals surface area contributed by atoms with E-state index in [-0.39, 0.29) is 5.41 Å². The first-order valence-corrected chi connectivity index (χ1v) is 5.90. The molecule has 0 amide bonds. The second kappa shape index (κ2) is 3.89. The average molecular weight is 213 g/mol. The average Bonchev–Trinajstić information content (AvgIpc) is 2.26. The quantitative estimate of drug-likeness (QED) is 0.695. The van der Waals surface area contributed by atoms with Crippen molar-refractivity contribution in [1.82, 2.24) is 4.98 Å². The van der Waals surface area contributed by atoms with E-state index in [1.54, 1.807) is 0 Å². The second-order valence-electron chi connectivity index (χ2n) is 5.31. The summed E-state index contributed by atoms with van der Waals surface area (Å²) in [5.74, 6) is 0. The van der Waals surface area contributed by atoms with Crippen LogP contribution in [0.3, 0.4) is 0 Å². The van der Waals surface area contributed by atoms with Crippen molar-refractivity contribution in [2.75, 3.05) is 0 Å². The molecule has 2 rings (SSSR count). The molecule has 1 heterocycles. The van der Waals surface area contributed by atoms with Crippen LogP contribution in [0.2, 0.25) is 0 Å². The van der Waals surface area contributed by atoms with Crippen LogP contribution in [0.5, 0.6) is 0 Å². The maximum Gasteiger partial charge on any atom is 0.0707 e. The zero-order valence-electron chi connectivity index (χ0n) is 10.5. The van der Waals surface area contributed by atoms with Gasteiger partial charge in [0.2, 0.25) is 0 Å². The van der Waals surface area contributed by atoms with Gasteiger partial charge in [0.1, 0.15) is 0 Å². The minimum atomic E-state index is 0.190. The molecule has 0 saturated heterocycles. The summed E-state index contributed by atoms with van der Waals surface area (Å²) < 4.78 is 0. The van der Waals surface area contributed by atoms with Crippen LogP contribution < -0.4 is 0 Å². The minimum Gasteiger partial charge on any atom is -0.256 e. The fourth-order valence-corrected chi connectivity index (χ4v) is 1.98. The number of benzene rings is 1. The Balaban J connectivity index is 2.73. The van der Waals surface area contributed by atoms with E-state index in [9.17, 15) is 0 Å². The van der Waals surface area contributed by atoms with Crippen LogP contribution in [0.1, 0.15) is 38.8 Å². The smallest absolute Gasteiger partial charge is 0.0707 e. The summed E-state index contributed by atoms with van der Waals surface area (Å²) in [6.07, 6.45) is 2.93. The lowest BCUT2D eigenvalue weighted by Gasteiger charge is -2.20. The molecule has 2 aromatic rings. The van der Waals surface area contributed by atoms with E-state index in [1.807, 2.05) is 12.3 Å². The second-order valence-corrected chi connectivity index (χ2v) is 5.31. The molecule has 0 saturated carbocycles. The molecule has 0 spiro atoms. The van der Waals surface area contributed by atoms with Crippen molar-refractivity contribution in [3.8, 4) is 0 Å². The van der Waals surface area contributed by atoms with Gasteiger partial charge in [0.05, 0.1) is 5.52 Å². The highest BCUT2D eigenvalue weighted by molar-refractivity contribution is 5.83. The first-order valence-electron chi connectivity index (χ1n) is 5.90. The van der Waals surface area contributed by atoms with Gasteiger partial charge >= 0.3 is 0 Å². The summed E-state index contributed by atoms with van der Waals surface area (Å²) in [5.41, 5.74) is 4.08. The number of pyridine rings is 1. The number of hydrogen-bond donors (Lipinski definition) is 0. The molecule has 16 heavy (non-hydrogen) atoms. The number of aromatic nitrogens is 1. The zero-order valence-corrected chi connectivity index (χ0v) is 10.5. The molecule has 0 radical (unpaired) electrons. The number of fused-ring (bicyclic) bond motifs is 1. The highest BCUT2D eigenvalue weighted by Crippen LogP contribution is 2.28. The van der Waals surface area contributed by atoms with Crippen LogP contribution in [-0.4, -0.2) is 4.98 Å². The number of aryl methyl sites for hydroxylation is 1. The molecule has 0 unspecified atom stereocenters. The zero-order chi connectivity index (χ0) is 11.8. The largest absolute Gasteiger partial charge is 0.256 e. The van der Waals surface area contributed by atoms with E-state index in [4.69, 9.17) is 0 Å². The predicted molar refractivity (Wildman–Crippen MR) is 69.8 cm³/mol. The SMILES string of the molecule is CCc1cc(C(C)(C)C)cc2ncccc12. The monoisotopic (exact) mass is 213 g/mol. The molecule has 1 heteroatoms. The Bertz CT molecular complexity index is 506. The molecule has 1 nitrogen and oxygen atoms in total.